The van der Waals surface area contributed by atoms with Crippen molar-refractivity contribution in [2.24, 2.45) is 0 Å². The number of thiocarbonyl (C=S) groups is 1. The van der Waals surface area contributed by atoms with Crippen LogP contribution in [0.15, 0.2) is 52.7 Å². The lowest BCUT2D eigenvalue weighted by Gasteiger charge is -2.34. The molecule has 1 unspecified atom stereocenters. The van der Waals surface area contributed by atoms with Crippen LogP contribution in [0.25, 0.3) is 5.70 Å². The van der Waals surface area contributed by atoms with Crippen molar-refractivity contribution < 1.29 is 4.42 Å². The van der Waals surface area contributed by atoms with Crippen LogP contribution >= 0.6 is 12.2 Å². The molecule has 0 spiro atoms. The molecule has 2 aliphatic rings. The molecule has 3 nitrogen and oxygen atoms in total. The summed E-state index contributed by atoms with van der Waals surface area (Å²) < 4.78 is 5.57. The van der Waals surface area contributed by atoms with E-state index in [-0.39, 0.29) is 6.04 Å². The molecule has 1 aromatic carbocycles. The van der Waals surface area contributed by atoms with Gasteiger partial charge in [0, 0.05) is 11.3 Å². The Bertz CT molecular complexity index is 703. The van der Waals surface area contributed by atoms with Gasteiger partial charge >= 0.3 is 0 Å². The molecule has 0 bridgehead atoms. The van der Waals surface area contributed by atoms with Crippen LogP contribution in [-0.2, 0) is 6.42 Å². The molecule has 1 aromatic heterocycles. The third kappa shape index (κ3) is 1.76. The summed E-state index contributed by atoms with van der Waals surface area (Å²) in [6, 6.07) is 12.5. The highest BCUT2D eigenvalue weighted by Gasteiger charge is 2.31. The molecule has 0 saturated carbocycles. The zero-order valence-electron chi connectivity index (χ0n) is 10.8. The van der Waals surface area contributed by atoms with Gasteiger partial charge < -0.3 is 15.1 Å². The SMILES string of the molecule is S=C1NC2=C(CCc3ccccc32)C(c2ccco2)N1. The Morgan fingerprint density at radius 3 is 2.85 bits per heavy atom. The van der Waals surface area contributed by atoms with Gasteiger partial charge in [0.1, 0.15) is 11.8 Å². The Morgan fingerprint density at radius 1 is 1.10 bits per heavy atom. The largest absolute Gasteiger partial charge is 0.467 e. The Labute approximate surface area is 122 Å². The number of fused-ring (bicyclic) bond motifs is 2. The highest BCUT2D eigenvalue weighted by Crippen LogP contribution is 2.38. The van der Waals surface area contributed by atoms with Gasteiger partial charge in [-0.3, -0.25) is 0 Å². The smallest absolute Gasteiger partial charge is 0.171 e. The lowest BCUT2D eigenvalue weighted by molar-refractivity contribution is 0.462. The monoisotopic (exact) mass is 282 g/mol. The van der Waals surface area contributed by atoms with E-state index in [1.165, 1.54) is 16.7 Å². The van der Waals surface area contributed by atoms with E-state index >= 15 is 0 Å². The number of hydrogen-bond donors (Lipinski definition) is 2. The predicted octanol–water partition coefficient (Wildman–Crippen LogP) is 3.16. The molecule has 2 heterocycles. The topological polar surface area (TPSA) is 37.2 Å². The van der Waals surface area contributed by atoms with E-state index in [0.717, 1.165) is 24.3 Å². The Balaban J connectivity index is 1.87. The molecule has 1 aliphatic heterocycles. The van der Waals surface area contributed by atoms with Crippen LogP contribution in [0.2, 0.25) is 0 Å². The van der Waals surface area contributed by atoms with Gasteiger partial charge in [-0.2, -0.15) is 0 Å². The normalized spacial score (nSPS) is 20.8. The number of furan rings is 1. The minimum Gasteiger partial charge on any atom is -0.467 e. The maximum absolute atomic E-state index is 5.57. The van der Waals surface area contributed by atoms with E-state index in [1.54, 1.807) is 6.26 Å². The van der Waals surface area contributed by atoms with Crippen molar-refractivity contribution in [1.82, 2.24) is 10.6 Å². The second kappa shape index (κ2) is 4.49. The van der Waals surface area contributed by atoms with Crippen LogP contribution in [0.5, 0.6) is 0 Å². The highest BCUT2D eigenvalue weighted by molar-refractivity contribution is 7.80. The van der Waals surface area contributed by atoms with E-state index in [2.05, 4.69) is 34.9 Å². The van der Waals surface area contributed by atoms with Crippen LogP contribution in [0.4, 0.5) is 0 Å². The third-order valence-electron chi connectivity index (χ3n) is 3.96. The molecular weight excluding hydrogens is 268 g/mol. The molecule has 2 N–H and O–H groups in total. The molecule has 100 valence electrons. The highest BCUT2D eigenvalue weighted by atomic mass is 32.1. The lowest BCUT2D eigenvalue weighted by Crippen LogP contribution is -2.44. The Hall–Kier alpha value is -2.07. The molecule has 2 aromatic rings. The number of benzene rings is 1. The second-order valence-electron chi connectivity index (χ2n) is 5.10. The third-order valence-corrected chi connectivity index (χ3v) is 4.18. The van der Waals surface area contributed by atoms with Crippen LogP contribution < -0.4 is 10.6 Å². The van der Waals surface area contributed by atoms with Crippen molar-refractivity contribution in [2.45, 2.75) is 18.9 Å². The maximum atomic E-state index is 5.57. The summed E-state index contributed by atoms with van der Waals surface area (Å²) in [5, 5.41) is 7.30. The standard InChI is InChI=1S/C16H14N2OS/c20-16-17-14-11-5-2-1-4-10(11)7-8-12(14)15(18-16)13-6-3-9-19-13/h1-6,9,15H,7-8H2,(H2,17,18,20). The van der Waals surface area contributed by atoms with Gasteiger partial charge in [-0.15, -0.1) is 0 Å². The Kier molecular flexibility index (Phi) is 2.63. The zero-order chi connectivity index (χ0) is 13.5. The Morgan fingerprint density at radius 2 is 2.00 bits per heavy atom. The quantitative estimate of drug-likeness (QED) is 0.788. The summed E-state index contributed by atoms with van der Waals surface area (Å²) in [6.07, 6.45) is 3.78. The van der Waals surface area contributed by atoms with E-state index < -0.39 is 0 Å². The van der Waals surface area contributed by atoms with Crippen molar-refractivity contribution in [1.29, 1.82) is 0 Å². The summed E-state index contributed by atoms with van der Waals surface area (Å²) >= 11 is 5.36. The number of rotatable bonds is 1. The molecule has 1 aliphatic carbocycles. The van der Waals surface area contributed by atoms with E-state index in [1.807, 2.05) is 12.1 Å². The number of aryl methyl sites for hydroxylation is 1. The van der Waals surface area contributed by atoms with Crippen molar-refractivity contribution in [2.75, 3.05) is 0 Å². The number of nitrogens with one attached hydrogen (secondary N) is 2. The summed E-state index contributed by atoms with van der Waals surface area (Å²) in [4.78, 5) is 0. The summed E-state index contributed by atoms with van der Waals surface area (Å²) in [6.45, 7) is 0. The van der Waals surface area contributed by atoms with Gasteiger partial charge in [-0.25, -0.2) is 0 Å². The number of hydrogen-bond acceptors (Lipinski definition) is 2. The first kappa shape index (κ1) is 11.7. The summed E-state index contributed by atoms with van der Waals surface area (Å²) in [7, 11) is 0. The molecule has 4 heteroatoms. The molecule has 1 atom stereocenters. The van der Waals surface area contributed by atoms with Crippen molar-refractivity contribution in [3.8, 4) is 0 Å². The van der Waals surface area contributed by atoms with E-state index in [0.29, 0.717) is 5.11 Å². The van der Waals surface area contributed by atoms with Crippen molar-refractivity contribution >= 4 is 23.0 Å². The zero-order valence-corrected chi connectivity index (χ0v) is 11.7. The molecule has 4 rings (SSSR count). The van der Waals surface area contributed by atoms with Crippen molar-refractivity contribution in [3.05, 3.63) is 65.1 Å². The molecule has 0 amide bonds. The van der Waals surface area contributed by atoms with Crippen LogP contribution in [0.1, 0.15) is 29.3 Å². The lowest BCUT2D eigenvalue weighted by atomic mass is 9.84. The predicted molar refractivity (Wildman–Crippen MR) is 82.0 cm³/mol. The van der Waals surface area contributed by atoms with Gasteiger partial charge in [0.15, 0.2) is 5.11 Å². The van der Waals surface area contributed by atoms with Gasteiger partial charge in [-0.05, 0) is 48.3 Å². The second-order valence-corrected chi connectivity index (χ2v) is 5.51. The summed E-state index contributed by atoms with van der Waals surface area (Å²) in [5.74, 6) is 0.917. The van der Waals surface area contributed by atoms with Gasteiger partial charge in [-0.1, -0.05) is 24.3 Å². The minimum atomic E-state index is 0.0436. The molecule has 0 fully saturated rings. The van der Waals surface area contributed by atoms with E-state index in [9.17, 15) is 0 Å². The van der Waals surface area contributed by atoms with Gasteiger partial charge in [0.05, 0.1) is 6.26 Å². The van der Waals surface area contributed by atoms with Gasteiger partial charge in [0.25, 0.3) is 0 Å². The van der Waals surface area contributed by atoms with Crippen LogP contribution in [-0.4, -0.2) is 5.11 Å². The fourth-order valence-corrected chi connectivity index (χ4v) is 3.27. The fraction of sp³-hybridized carbons (Fsp3) is 0.188. The average molecular weight is 282 g/mol. The molecule has 20 heavy (non-hydrogen) atoms. The van der Waals surface area contributed by atoms with Crippen LogP contribution in [0, 0.1) is 0 Å². The molecule has 0 radical (unpaired) electrons. The fourth-order valence-electron chi connectivity index (χ4n) is 3.05. The summed E-state index contributed by atoms with van der Waals surface area (Å²) in [5.41, 5.74) is 5.11. The maximum Gasteiger partial charge on any atom is 0.171 e. The van der Waals surface area contributed by atoms with Gasteiger partial charge in [0.2, 0.25) is 0 Å². The first-order valence-corrected chi connectivity index (χ1v) is 7.16. The van der Waals surface area contributed by atoms with E-state index in [4.69, 9.17) is 16.6 Å². The first-order chi connectivity index (χ1) is 9.83. The molecule has 0 saturated heterocycles. The first-order valence-electron chi connectivity index (χ1n) is 6.75. The average Bonchev–Trinajstić information content (AvgIpc) is 3.00. The minimum absolute atomic E-state index is 0.0436. The van der Waals surface area contributed by atoms with Crippen LogP contribution in [0.3, 0.4) is 0 Å². The molecular formula is C16H14N2OS. The van der Waals surface area contributed by atoms with Crippen molar-refractivity contribution in [3.63, 3.8) is 0 Å².